The number of nitrogens with zero attached hydrogens (tertiary/aromatic N) is 4. The van der Waals surface area contributed by atoms with Crippen LogP contribution in [0.2, 0.25) is 0 Å². The number of rotatable bonds is 5. The van der Waals surface area contributed by atoms with Crippen molar-refractivity contribution in [2.45, 2.75) is 13.0 Å². The van der Waals surface area contributed by atoms with Crippen LogP contribution < -0.4 is 10.6 Å². The number of carbonyl (C=O) groups excluding carboxylic acids is 1. The van der Waals surface area contributed by atoms with Crippen molar-refractivity contribution in [1.29, 1.82) is 0 Å². The molecule has 1 aliphatic rings. The van der Waals surface area contributed by atoms with Crippen LogP contribution in [0.25, 0.3) is 0 Å². The summed E-state index contributed by atoms with van der Waals surface area (Å²) in [6, 6.07) is 7.18. The van der Waals surface area contributed by atoms with Gasteiger partial charge in [-0.1, -0.05) is 12.0 Å². The Kier molecular flexibility index (Phi) is 9.14. The second-order valence-electron chi connectivity index (χ2n) is 6.70. The summed E-state index contributed by atoms with van der Waals surface area (Å²) in [6.45, 7) is 4.64. The van der Waals surface area contributed by atoms with Gasteiger partial charge in [-0.3, -0.25) is 9.48 Å². The minimum absolute atomic E-state index is 0. The predicted molar refractivity (Wildman–Crippen MR) is 128 cm³/mol. The van der Waals surface area contributed by atoms with Crippen LogP contribution in [0.5, 0.6) is 0 Å². The Labute approximate surface area is 194 Å². The summed E-state index contributed by atoms with van der Waals surface area (Å²) in [7, 11) is 1.88. The number of ether oxygens (including phenoxy) is 1. The number of halogens is 1. The topological polar surface area (TPSA) is 83.8 Å². The van der Waals surface area contributed by atoms with E-state index in [9.17, 15) is 4.79 Å². The molecule has 0 saturated carbocycles. The Morgan fingerprint density at radius 2 is 2.30 bits per heavy atom. The van der Waals surface area contributed by atoms with Gasteiger partial charge in [-0.2, -0.15) is 5.10 Å². The van der Waals surface area contributed by atoms with E-state index in [1.54, 1.807) is 16.8 Å². The molecule has 8 nitrogen and oxygen atoms in total. The Hall–Kier alpha value is -2.58. The van der Waals surface area contributed by atoms with Crippen LogP contribution >= 0.6 is 24.0 Å². The smallest absolute Gasteiger partial charge is 0.246 e. The first-order valence-electron chi connectivity index (χ1n) is 9.59. The summed E-state index contributed by atoms with van der Waals surface area (Å²) < 4.78 is 7.65. The minimum Gasteiger partial charge on any atom is -0.370 e. The van der Waals surface area contributed by atoms with E-state index >= 15 is 0 Å². The number of guanidine groups is 1. The van der Waals surface area contributed by atoms with Crippen molar-refractivity contribution in [3.05, 3.63) is 47.8 Å². The van der Waals surface area contributed by atoms with Crippen molar-refractivity contribution in [2.24, 2.45) is 12.0 Å². The van der Waals surface area contributed by atoms with Gasteiger partial charge in [0.1, 0.15) is 12.6 Å². The molecule has 1 aliphatic heterocycles. The van der Waals surface area contributed by atoms with Gasteiger partial charge in [0.25, 0.3) is 0 Å². The minimum atomic E-state index is -0.202. The van der Waals surface area contributed by atoms with Gasteiger partial charge in [0.05, 0.1) is 19.3 Å². The number of carbonyl (C=O) groups is 1. The number of nitrogens with one attached hydrogen (secondary N) is 2. The fourth-order valence-corrected chi connectivity index (χ4v) is 3.11. The predicted octanol–water partition coefficient (Wildman–Crippen LogP) is 2.00. The van der Waals surface area contributed by atoms with Gasteiger partial charge < -0.3 is 20.3 Å². The lowest BCUT2D eigenvalue weighted by Crippen LogP contribution is -2.48. The molecule has 160 valence electrons. The number of aromatic nitrogens is 2. The average molecular weight is 522 g/mol. The molecule has 30 heavy (non-hydrogen) atoms. The molecule has 1 fully saturated rings. The van der Waals surface area contributed by atoms with E-state index < -0.39 is 0 Å². The first kappa shape index (κ1) is 23.7. The highest BCUT2D eigenvalue weighted by Crippen LogP contribution is 2.21. The van der Waals surface area contributed by atoms with Gasteiger partial charge in [0, 0.05) is 43.1 Å². The third kappa shape index (κ3) is 6.47. The molecule has 0 aliphatic carbocycles. The molecule has 0 bridgehead atoms. The Balaban J connectivity index is 0.00000320. The molecule has 1 unspecified atom stereocenters. The first-order chi connectivity index (χ1) is 14.1. The van der Waals surface area contributed by atoms with Gasteiger partial charge in [-0.05, 0) is 25.1 Å². The Bertz CT molecular complexity index is 920. The zero-order valence-electron chi connectivity index (χ0n) is 17.2. The van der Waals surface area contributed by atoms with Crippen molar-refractivity contribution >= 4 is 41.5 Å². The molecule has 1 aromatic heterocycles. The number of hydrogen-bond acceptors (Lipinski definition) is 4. The van der Waals surface area contributed by atoms with Crippen molar-refractivity contribution in [3.63, 3.8) is 0 Å². The molecule has 1 saturated heterocycles. The quantitative estimate of drug-likeness (QED) is 0.272. The summed E-state index contributed by atoms with van der Waals surface area (Å²) in [4.78, 5) is 19.0. The molecule has 2 aromatic rings. The maximum atomic E-state index is 12.3. The number of anilines is 1. The summed E-state index contributed by atoms with van der Waals surface area (Å²) in [5.41, 5.74) is 2.40. The summed E-state index contributed by atoms with van der Waals surface area (Å²) in [5.74, 6) is 3.05. The molecule has 3 rings (SSSR count). The van der Waals surface area contributed by atoms with Gasteiger partial charge in [-0.25, -0.2) is 4.99 Å². The first-order valence-corrected chi connectivity index (χ1v) is 9.59. The van der Waals surface area contributed by atoms with Gasteiger partial charge in [0.2, 0.25) is 5.91 Å². The van der Waals surface area contributed by atoms with Crippen molar-refractivity contribution in [1.82, 2.24) is 20.0 Å². The van der Waals surface area contributed by atoms with E-state index in [4.69, 9.17) is 11.2 Å². The lowest BCUT2D eigenvalue weighted by molar-refractivity contribution is -0.114. The molecule has 1 atom stereocenters. The Morgan fingerprint density at radius 3 is 3.00 bits per heavy atom. The normalized spacial score (nSPS) is 16.4. The van der Waals surface area contributed by atoms with Gasteiger partial charge in [-0.15, -0.1) is 30.4 Å². The van der Waals surface area contributed by atoms with Gasteiger partial charge in [0.15, 0.2) is 5.96 Å². The molecule has 2 N–H and O–H groups in total. The molecule has 0 spiro atoms. The van der Waals surface area contributed by atoms with Crippen LogP contribution in [-0.2, 0) is 16.6 Å². The SMILES string of the molecule is C#Cc1cccc(NC(=O)CN=C(NCC)N2CCOC(c3cnn(C)c3)C2)c1.I. The summed E-state index contributed by atoms with van der Waals surface area (Å²) in [5, 5.41) is 10.3. The molecule has 2 heterocycles. The number of benzene rings is 1. The van der Waals surface area contributed by atoms with Crippen LogP contribution in [0.4, 0.5) is 5.69 Å². The highest BCUT2D eigenvalue weighted by molar-refractivity contribution is 14.0. The van der Waals surface area contributed by atoms with E-state index in [0.29, 0.717) is 37.9 Å². The van der Waals surface area contributed by atoms with E-state index in [0.717, 1.165) is 11.1 Å². The fraction of sp³-hybridized carbons (Fsp3) is 0.381. The van der Waals surface area contributed by atoms with Gasteiger partial charge >= 0.3 is 0 Å². The van der Waals surface area contributed by atoms with Crippen LogP contribution in [-0.4, -0.2) is 59.3 Å². The zero-order valence-corrected chi connectivity index (χ0v) is 19.5. The molecule has 0 radical (unpaired) electrons. The fourth-order valence-electron chi connectivity index (χ4n) is 3.11. The largest absolute Gasteiger partial charge is 0.370 e. The number of terminal acetylenes is 1. The van der Waals surface area contributed by atoms with Crippen molar-refractivity contribution in [2.75, 3.05) is 38.1 Å². The highest BCUT2D eigenvalue weighted by atomic mass is 127. The van der Waals surface area contributed by atoms with E-state index in [1.807, 2.05) is 38.5 Å². The maximum absolute atomic E-state index is 12.3. The number of hydrogen-bond donors (Lipinski definition) is 2. The molecule has 1 amide bonds. The monoisotopic (exact) mass is 522 g/mol. The highest BCUT2D eigenvalue weighted by Gasteiger charge is 2.25. The van der Waals surface area contributed by atoms with Crippen LogP contribution in [0.15, 0.2) is 41.7 Å². The van der Waals surface area contributed by atoms with Crippen LogP contribution in [0.3, 0.4) is 0 Å². The second-order valence-corrected chi connectivity index (χ2v) is 6.70. The summed E-state index contributed by atoms with van der Waals surface area (Å²) >= 11 is 0. The molecular formula is C21H27IN6O2. The standard InChI is InChI=1S/C21H26N6O2.HI/c1-4-16-7-6-8-18(11-16)25-20(28)13-23-21(22-5-2)27-9-10-29-19(15-27)17-12-24-26(3)14-17;/h1,6-8,11-12,14,19H,5,9-10,13,15H2,2-3H3,(H,22,23)(H,25,28);1H. The number of morpholine rings is 1. The van der Waals surface area contributed by atoms with E-state index in [-0.39, 0.29) is 42.5 Å². The third-order valence-electron chi connectivity index (χ3n) is 4.48. The van der Waals surface area contributed by atoms with Crippen LogP contribution in [0.1, 0.15) is 24.2 Å². The van der Waals surface area contributed by atoms with E-state index in [1.165, 1.54) is 0 Å². The number of aliphatic imine (C=N–C) groups is 1. The number of aryl methyl sites for hydroxylation is 1. The second kappa shape index (κ2) is 11.6. The maximum Gasteiger partial charge on any atom is 0.246 e. The lowest BCUT2D eigenvalue weighted by atomic mass is 10.1. The summed E-state index contributed by atoms with van der Waals surface area (Å²) in [6.07, 6.45) is 9.09. The molecule has 1 aromatic carbocycles. The lowest BCUT2D eigenvalue weighted by Gasteiger charge is -2.34. The number of amides is 1. The third-order valence-corrected chi connectivity index (χ3v) is 4.48. The molecule has 9 heteroatoms. The van der Waals surface area contributed by atoms with Crippen LogP contribution in [0, 0.1) is 12.3 Å². The Morgan fingerprint density at radius 1 is 1.47 bits per heavy atom. The van der Waals surface area contributed by atoms with Crippen molar-refractivity contribution < 1.29 is 9.53 Å². The van der Waals surface area contributed by atoms with Crippen molar-refractivity contribution in [3.8, 4) is 12.3 Å². The molecular weight excluding hydrogens is 495 g/mol. The van der Waals surface area contributed by atoms with E-state index in [2.05, 4.69) is 31.5 Å². The average Bonchev–Trinajstić information content (AvgIpc) is 3.17. The zero-order chi connectivity index (χ0) is 20.6.